The van der Waals surface area contributed by atoms with Crippen molar-refractivity contribution >= 4 is 17.5 Å². The predicted octanol–water partition coefficient (Wildman–Crippen LogP) is 3.23. The fourth-order valence-electron chi connectivity index (χ4n) is 4.35. The molecule has 1 aromatic rings. The lowest BCUT2D eigenvalue weighted by Gasteiger charge is -2.38. The summed E-state index contributed by atoms with van der Waals surface area (Å²) in [5.41, 5.74) is 1.93. The lowest BCUT2D eigenvalue weighted by atomic mass is 9.94. The minimum atomic E-state index is 0.0112. The Morgan fingerprint density at radius 3 is 1.97 bits per heavy atom. The average Bonchev–Trinajstić information content (AvgIpc) is 2.78. The molecule has 1 aromatic carbocycles. The topological polar surface area (TPSA) is 55.9 Å². The van der Waals surface area contributed by atoms with Crippen molar-refractivity contribution in [2.75, 3.05) is 44.2 Å². The molecular formula is C25H40N4O2. The number of rotatable bonds is 6. The molecule has 1 N–H and O–H groups in total. The van der Waals surface area contributed by atoms with Crippen LogP contribution in [0.5, 0.6) is 0 Å². The first-order chi connectivity index (χ1) is 14.8. The number of amides is 2. The van der Waals surface area contributed by atoms with Crippen molar-refractivity contribution in [1.29, 1.82) is 0 Å². The van der Waals surface area contributed by atoms with Crippen molar-refractivity contribution in [2.45, 2.75) is 59.5 Å². The molecule has 2 amide bonds. The van der Waals surface area contributed by atoms with Gasteiger partial charge < -0.3 is 15.1 Å². The molecule has 31 heavy (non-hydrogen) atoms. The number of likely N-dealkylation sites (tertiary alicyclic amines) is 1. The highest BCUT2D eigenvalue weighted by Crippen LogP contribution is 2.22. The Morgan fingerprint density at radius 1 is 0.871 bits per heavy atom. The predicted molar refractivity (Wildman–Crippen MR) is 126 cm³/mol. The smallest absolute Gasteiger partial charge is 0.253 e. The minimum Gasteiger partial charge on any atom is -0.369 e. The number of anilines is 1. The Labute approximate surface area is 188 Å². The van der Waals surface area contributed by atoms with E-state index in [0.717, 1.165) is 44.6 Å². The van der Waals surface area contributed by atoms with Crippen LogP contribution in [0.3, 0.4) is 0 Å². The number of piperazine rings is 1. The van der Waals surface area contributed by atoms with Crippen LogP contribution in [0, 0.1) is 11.8 Å². The molecule has 2 aliphatic rings. The molecule has 2 aliphatic heterocycles. The molecule has 2 heterocycles. The maximum absolute atomic E-state index is 13.0. The van der Waals surface area contributed by atoms with Crippen LogP contribution < -0.4 is 10.2 Å². The van der Waals surface area contributed by atoms with E-state index < -0.39 is 0 Å². The van der Waals surface area contributed by atoms with Crippen molar-refractivity contribution in [1.82, 2.24) is 15.1 Å². The molecule has 3 rings (SSSR count). The Balaban J connectivity index is 1.49. The summed E-state index contributed by atoms with van der Waals surface area (Å²) in [6, 6.07) is 8.83. The number of carbonyl (C=O) groups excluding carboxylic acids is 2. The number of benzene rings is 1. The molecule has 2 fully saturated rings. The maximum atomic E-state index is 13.0. The third-order valence-corrected chi connectivity index (χ3v) is 7.05. The van der Waals surface area contributed by atoms with Gasteiger partial charge in [0.25, 0.3) is 5.91 Å². The van der Waals surface area contributed by atoms with Crippen molar-refractivity contribution in [2.24, 2.45) is 11.8 Å². The molecular weight excluding hydrogens is 388 g/mol. The van der Waals surface area contributed by atoms with Gasteiger partial charge in [-0.2, -0.15) is 0 Å². The molecule has 1 atom stereocenters. The van der Waals surface area contributed by atoms with E-state index in [-0.39, 0.29) is 23.8 Å². The fourth-order valence-corrected chi connectivity index (χ4v) is 4.35. The summed E-state index contributed by atoms with van der Waals surface area (Å²) in [6.07, 6.45) is 1.47. The first kappa shape index (κ1) is 23.6. The minimum absolute atomic E-state index is 0.0112. The maximum Gasteiger partial charge on any atom is 0.253 e. The highest BCUT2D eigenvalue weighted by Gasteiger charge is 2.29. The molecule has 0 aromatic heterocycles. The van der Waals surface area contributed by atoms with Gasteiger partial charge in [-0.25, -0.2) is 0 Å². The fraction of sp³-hybridized carbons (Fsp3) is 0.680. The average molecular weight is 429 g/mol. The van der Waals surface area contributed by atoms with E-state index in [4.69, 9.17) is 0 Å². The zero-order chi connectivity index (χ0) is 22.5. The van der Waals surface area contributed by atoms with Crippen LogP contribution in [0.15, 0.2) is 24.3 Å². The number of nitrogens with one attached hydrogen (secondary N) is 1. The number of nitrogens with zero attached hydrogens (tertiary/aromatic N) is 3. The van der Waals surface area contributed by atoms with E-state index in [2.05, 4.69) is 61.9 Å². The monoisotopic (exact) mass is 428 g/mol. The Morgan fingerprint density at radius 2 is 1.45 bits per heavy atom. The highest BCUT2D eigenvalue weighted by molar-refractivity contribution is 5.94. The first-order valence-corrected chi connectivity index (χ1v) is 11.9. The van der Waals surface area contributed by atoms with E-state index in [1.54, 1.807) is 0 Å². The number of hydrogen-bond donors (Lipinski definition) is 1. The summed E-state index contributed by atoms with van der Waals surface area (Å²) in [5.74, 6) is 0.644. The van der Waals surface area contributed by atoms with Crippen LogP contribution in [0.4, 0.5) is 5.69 Å². The van der Waals surface area contributed by atoms with E-state index in [0.29, 0.717) is 25.0 Å². The van der Waals surface area contributed by atoms with E-state index in [1.165, 1.54) is 5.69 Å². The second kappa shape index (κ2) is 10.5. The van der Waals surface area contributed by atoms with Gasteiger partial charge in [0.15, 0.2) is 0 Å². The van der Waals surface area contributed by atoms with Crippen LogP contribution in [0.25, 0.3) is 0 Å². The summed E-state index contributed by atoms with van der Waals surface area (Å²) in [7, 11) is 0. The number of carbonyl (C=O) groups is 2. The summed E-state index contributed by atoms with van der Waals surface area (Å²) in [6.45, 7) is 16.3. The van der Waals surface area contributed by atoms with Crippen LogP contribution in [-0.4, -0.2) is 73.0 Å². The molecule has 0 radical (unpaired) electrons. The molecule has 172 valence electrons. The second-order valence-corrected chi connectivity index (χ2v) is 9.77. The molecule has 0 bridgehead atoms. The van der Waals surface area contributed by atoms with Gasteiger partial charge in [-0.15, -0.1) is 0 Å². The summed E-state index contributed by atoms with van der Waals surface area (Å²) in [4.78, 5) is 32.2. The SMILES string of the molecule is CC(C)C(C)NC(=O)C1CCN(C(=O)c2ccc(N3CCN(C(C)C)CC3)cc2)CC1. The largest absolute Gasteiger partial charge is 0.369 e. The van der Waals surface area contributed by atoms with Gasteiger partial charge in [-0.1, -0.05) is 13.8 Å². The zero-order valence-corrected chi connectivity index (χ0v) is 19.9. The van der Waals surface area contributed by atoms with Gasteiger partial charge in [0.2, 0.25) is 5.91 Å². The Hall–Kier alpha value is -2.08. The molecule has 0 aliphatic carbocycles. The lowest BCUT2D eigenvalue weighted by molar-refractivity contribution is -0.127. The summed E-state index contributed by atoms with van der Waals surface area (Å²) < 4.78 is 0. The number of hydrogen-bond acceptors (Lipinski definition) is 4. The normalized spacial score (nSPS) is 19.7. The van der Waals surface area contributed by atoms with Crippen molar-refractivity contribution < 1.29 is 9.59 Å². The van der Waals surface area contributed by atoms with Crippen LogP contribution in [0.2, 0.25) is 0 Å². The molecule has 0 spiro atoms. The summed E-state index contributed by atoms with van der Waals surface area (Å²) in [5, 5.41) is 3.12. The quantitative estimate of drug-likeness (QED) is 0.756. The molecule has 0 saturated carbocycles. The Bertz CT molecular complexity index is 730. The third kappa shape index (κ3) is 6.00. The standard InChI is InChI=1S/C25H40N4O2/c1-18(2)20(5)26-24(30)21-10-12-29(13-11-21)25(31)22-6-8-23(9-7-22)28-16-14-27(15-17-28)19(3)4/h6-9,18-21H,10-17H2,1-5H3,(H,26,30). The van der Waals surface area contributed by atoms with Gasteiger partial charge in [0, 0.05) is 68.5 Å². The summed E-state index contributed by atoms with van der Waals surface area (Å²) >= 11 is 0. The van der Waals surface area contributed by atoms with Gasteiger partial charge in [-0.3, -0.25) is 14.5 Å². The third-order valence-electron chi connectivity index (χ3n) is 7.05. The zero-order valence-electron chi connectivity index (χ0n) is 19.9. The van der Waals surface area contributed by atoms with E-state index >= 15 is 0 Å². The van der Waals surface area contributed by atoms with Gasteiger partial charge >= 0.3 is 0 Å². The molecule has 2 saturated heterocycles. The molecule has 6 nitrogen and oxygen atoms in total. The van der Waals surface area contributed by atoms with Crippen LogP contribution >= 0.6 is 0 Å². The van der Waals surface area contributed by atoms with Gasteiger partial charge in [0.05, 0.1) is 0 Å². The first-order valence-electron chi connectivity index (χ1n) is 11.9. The molecule has 1 unspecified atom stereocenters. The van der Waals surface area contributed by atoms with Crippen LogP contribution in [0.1, 0.15) is 57.8 Å². The Kier molecular flexibility index (Phi) is 7.98. The second-order valence-electron chi connectivity index (χ2n) is 9.77. The van der Waals surface area contributed by atoms with Crippen molar-refractivity contribution in [3.05, 3.63) is 29.8 Å². The van der Waals surface area contributed by atoms with Crippen molar-refractivity contribution in [3.63, 3.8) is 0 Å². The lowest BCUT2D eigenvalue weighted by Crippen LogP contribution is -2.48. The van der Waals surface area contributed by atoms with Gasteiger partial charge in [-0.05, 0) is 63.8 Å². The van der Waals surface area contributed by atoms with E-state index in [1.807, 2.05) is 17.0 Å². The van der Waals surface area contributed by atoms with Gasteiger partial charge in [0.1, 0.15) is 0 Å². The number of piperidine rings is 1. The van der Waals surface area contributed by atoms with E-state index in [9.17, 15) is 9.59 Å². The highest BCUT2D eigenvalue weighted by atomic mass is 16.2. The van der Waals surface area contributed by atoms with Crippen LogP contribution in [-0.2, 0) is 4.79 Å². The molecule has 6 heteroatoms. The van der Waals surface area contributed by atoms with Crippen molar-refractivity contribution in [3.8, 4) is 0 Å².